The molecule has 0 unspecified atom stereocenters. The van der Waals surface area contributed by atoms with Crippen molar-refractivity contribution < 1.29 is 9.21 Å². The molecule has 25 heavy (non-hydrogen) atoms. The first-order valence-corrected chi connectivity index (χ1v) is 8.51. The molecule has 3 aromatic rings. The lowest BCUT2D eigenvalue weighted by Crippen LogP contribution is -2.37. The zero-order valence-corrected chi connectivity index (χ0v) is 13.8. The number of furan rings is 1. The van der Waals surface area contributed by atoms with Gasteiger partial charge in [0, 0.05) is 36.5 Å². The number of hydrogen-bond acceptors (Lipinski definition) is 4. The highest BCUT2D eigenvalue weighted by molar-refractivity contribution is 5.93. The molecule has 1 aromatic carbocycles. The highest BCUT2D eigenvalue weighted by Crippen LogP contribution is 2.28. The highest BCUT2D eigenvalue weighted by atomic mass is 16.3. The number of likely N-dealkylation sites (tertiary alicyclic amines) is 1. The van der Waals surface area contributed by atoms with Gasteiger partial charge in [-0.1, -0.05) is 30.3 Å². The number of carbonyl (C=O) groups is 1. The van der Waals surface area contributed by atoms with E-state index < -0.39 is 0 Å². The van der Waals surface area contributed by atoms with Gasteiger partial charge < -0.3 is 9.32 Å². The summed E-state index contributed by atoms with van der Waals surface area (Å²) in [6, 6.07) is 13.7. The fourth-order valence-corrected chi connectivity index (χ4v) is 3.27. The van der Waals surface area contributed by atoms with Crippen LogP contribution in [-0.2, 0) is 0 Å². The lowest BCUT2D eigenvalue weighted by molar-refractivity contribution is 0.0711. The molecule has 0 radical (unpaired) electrons. The third-order valence-corrected chi connectivity index (χ3v) is 4.68. The number of aromatic nitrogens is 2. The van der Waals surface area contributed by atoms with Gasteiger partial charge in [0.2, 0.25) is 0 Å². The molecule has 4 rings (SSSR count). The normalized spacial score (nSPS) is 15.3. The Morgan fingerprint density at radius 3 is 2.60 bits per heavy atom. The summed E-state index contributed by atoms with van der Waals surface area (Å²) < 4.78 is 5.01. The van der Waals surface area contributed by atoms with Gasteiger partial charge in [-0.05, 0) is 25.0 Å². The Hall–Kier alpha value is -2.95. The van der Waals surface area contributed by atoms with Crippen LogP contribution in [0.3, 0.4) is 0 Å². The maximum absolute atomic E-state index is 12.4. The molecule has 0 bridgehead atoms. The number of carbonyl (C=O) groups excluding carboxylic acids is 1. The molecule has 0 saturated carbocycles. The number of nitrogens with zero attached hydrogens (tertiary/aromatic N) is 3. The molecular weight excluding hydrogens is 314 g/mol. The second-order valence-corrected chi connectivity index (χ2v) is 6.25. The van der Waals surface area contributed by atoms with Crippen molar-refractivity contribution >= 4 is 5.91 Å². The summed E-state index contributed by atoms with van der Waals surface area (Å²) in [7, 11) is 0. The molecular formula is C20H19N3O2. The number of hydrogen-bond donors (Lipinski definition) is 0. The van der Waals surface area contributed by atoms with Crippen LogP contribution < -0.4 is 0 Å². The van der Waals surface area contributed by atoms with E-state index >= 15 is 0 Å². The standard InChI is InChI=1S/C20H19N3O2/c24-20(17-9-13-25-14-17)23-11-7-15(8-12-23)18-6-10-21-19(22-18)16-4-2-1-3-5-16/h1-6,9-10,13-15H,7-8,11-12H2. The third-order valence-electron chi connectivity index (χ3n) is 4.68. The van der Waals surface area contributed by atoms with Gasteiger partial charge in [-0.3, -0.25) is 4.79 Å². The first-order valence-electron chi connectivity index (χ1n) is 8.51. The van der Waals surface area contributed by atoms with Crippen molar-refractivity contribution in [1.29, 1.82) is 0 Å². The average Bonchev–Trinajstić information content (AvgIpc) is 3.23. The van der Waals surface area contributed by atoms with Gasteiger partial charge in [-0.25, -0.2) is 9.97 Å². The zero-order chi connectivity index (χ0) is 17.1. The van der Waals surface area contributed by atoms with Gasteiger partial charge >= 0.3 is 0 Å². The van der Waals surface area contributed by atoms with Crippen molar-refractivity contribution in [3.05, 3.63) is 72.4 Å². The molecule has 0 N–H and O–H groups in total. The van der Waals surface area contributed by atoms with E-state index in [9.17, 15) is 4.79 Å². The summed E-state index contributed by atoms with van der Waals surface area (Å²) in [5.41, 5.74) is 2.70. The second kappa shape index (κ2) is 6.89. The summed E-state index contributed by atoms with van der Waals surface area (Å²) in [4.78, 5) is 23.4. The number of rotatable bonds is 3. The average molecular weight is 333 g/mol. The fourth-order valence-electron chi connectivity index (χ4n) is 3.27. The van der Waals surface area contributed by atoms with E-state index in [0.29, 0.717) is 11.5 Å². The van der Waals surface area contributed by atoms with Crippen LogP contribution in [0.5, 0.6) is 0 Å². The maximum Gasteiger partial charge on any atom is 0.257 e. The summed E-state index contributed by atoms with van der Waals surface area (Å²) in [5, 5.41) is 0. The topological polar surface area (TPSA) is 59.2 Å². The van der Waals surface area contributed by atoms with Gasteiger partial charge in [0.15, 0.2) is 5.82 Å². The van der Waals surface area contributed by atoms with Gasteiger partial charge in [0.25, 0.3) is 5.91 Å². The molecule has 1 aliphatic rings. The molecule has 1 amide bonds. The van der Waals surface area contributed by atoms with Crippen molar-refractivity contribution in [1.82, 2.24) is 14.9 Å². The lowest BCUT2D eigenvalue weighted by atomic mass is 9.93. The van der Waals surface area contributed by atoms with E-state index in [2.05, 4.69) is 4.98 Å². The summed E-state index contributed by atoms with van der Waals surface area (Å²) in [6.07, 6.45) is 6.69. The van der Waals surface area contributed by atoms with Crippen LogP contribution in [0, 0.1) is 0 Å². The maximum atomic E-state index is 12.4. The summed E-state index contributed by atoms with van der Waals surface area (Å²) >= 11 is 0. The molecule has 0 atom stereocenters. The molecule has 1 aliphatic heterocycles. The molecule has 0 spiro atoms. The number of benzene rings is 1. The molecule has 1 saturated heterocycles. The Morgan fingerprint density at radius 2 is 1.88 bits per heavy atom. The molecule has 1 fully saturated rings. The van der Waals surface area contributed by atoms with E-state index in [1.807, 2.05) is 47.5 Å². The molecule has 2 aromatic heterocycles. The Bertz CT molecular complexity index is 838. The second-order valence-electron chi connectivity index (χ2n) is 6.25. The SMILES string of the molecule is O=C(c1ccoc1)N1CCC(c2ccnc(-c3ccccc3)n2)CC1. The van der Waals surface area contributed by atoms with Crippen molar-refractivity contribution in [3.63, 3.8) is 0 Å². The van der Waals surface area contributed by atoms with Crippen LogP contribution in [-0.4, -0.2) is 33.9 Å². The number of amides is 1. The first-order chi connectivity index (χ1) is 12.3. The van der Waals surface area contributed by atoms with Crippen LogP contribution in [0.2, 0.25) is 0 Å². The Kier molecular flexibility index (Phi) is 4.29. The van der Waals surface area contributed by atoms with E-state index in [4.69, 9.17) is 9.40 Å². The van der Waals surface area contributed by atoms with Crippen molar-refractivity contribution in [2.45, 2.75) is 18.8 Å². The predicted molar refractivity (Wildman–Crippen MR) is 94.1 cm³/mol. The van der Waals surface area contributed by atoms with Crippen molar-refractivity contribution in [2.24, 2.45) is 0 Å². The van der Waals surface area contributed by atoms with E-state index in [0.717, 1.165) is 43.0 Å². The Morgan fingerprint density at radius 1 is 1.08 bits per heavy atom. The molecule has 3 heterocycles. The highest BCUT2D eigenvalue weighted by Gasteiger charge is 2.26. The Labute approximate surface area is 146 Å². The van der Waals surface area contributed by atoms with Crippen LogP contribution in [0.4, 0.5) is 0 Å². The smallest absolute Gasteiger partial charge is 0.257 e. The quantitative estimate of drug-likeness (QED) is 0.732. The largest absolute Gasteiger partial charge is 0.472 e. The summed E-state index contributed by atoms with van der Waals surface area (Å²) in [6.45, 7) is 1.47. The molecule has 5 nitrogen and oxygen atoms in total. The van der Waals surface area contributed by atoms with E-state index in [1.165, 1.54) is 12.5 Å². The predicted octanol–water partition coefficient (Wildman–Crippen LogP) is 3.76. The molecule has 5 heteroatoms. The fraction of sp³-hybridized carbons (Fsp3) is 0.250. The minimum absolute atomic E-state index is 0.0415. The molecule has 126 valence electrons. The monoisotopic (exact) mass is 333 g/mol. The van der Waals surface area contributed by atoms with Crippen LogP contribution in [0.1, 0.15) is 34.8 Å². The van der Waals surface area contributed by atoms with Crippen molar-refractivity contribution in [3.8, 4) is 11.4 Å². The van der Waals surface area contributed by atoms with Gasteiger partial charge in [0.05, 0.1) is 11.8 Å². The van der Waals surface area contributed by atoms with E-state index in [1.54, 1.807) is 6.07 Å². The first kappa shape index (κ1) is 15.6. The lowest BCUT2D eigenvalue weighted by Gasteiger charge is -2.31. The minimum atomic E-state index is 0.0415. The molecule has 0 aliphatic carbocycles. The van der Waals surface area contributed by atoms with Crippen molar-refractivity contribution in [2.75, 3.05) is 13.1 Å². The van der Waals surface area contributed by atoms with Crippen LogP contribution in [0.25, 0.3) is 11.4 Å². The summed E-state index contributed by atoms with van der Waals surface area (Å²) in [5.74, 6) is 1.16. The zero-order valence-electron chi connectivity index (χ0n) is 13.8. The van der Waals surface area contributed by atoms with Gasteiger partial charge in [-0.15, -0.1) is 0 Å². The number of piperidine rings is 1. The van der Waals surface area contributed by atoms with E-state index in [-0.39, 0.29) is 5.91 Å². The van der Waals surface area contributed by atoms with Gasteiger partial charge in [-0.2, -0.15) is 0 Å². The minimum Gasteiger partial charge on any atom is -0.472 e. The van der Waals surface area contributed by atoms with Crippen LogP contribution in [0.15, 0.2) is 65.6 Å². The van der Waals surface area contributed by atoms with Gasteiger partial charge in [0.1, 0.15) is 6.26 Å². The Balaban J connectivity index is 1.45. The van der Waals surface area contributed by atoms with Crippen LogP contribution >= 0.6 is 0 Å². The third kappa shape index (κ3) is 3.31.